The zero-order valence-corrected chi connectivity index (χ0v) is 11.4. The summed E-state index contributed by atoms with van der Waals surface area (Å²) in [6.07, 6.45) is 0. The molecule has 1 aromatic carbocycles. The van der Waals surface area contributed by atoms with Crippen LogP contribution in [0.15, 0.2) is 24.3 Å². The molecule has 0 bridgehead atoms. The third-order valence-electron chi connectivity index (χ3n) is 2.35. The summed E-state index contributed by atoms with van der Waals surface area (Å²) in [7, 11) is 2.09. The van der Waals surface area contributed by atoms with E-state index in [4.69, 9.17) is 18.0 Å². The van der Waals surface area contributed by atoms with Gasteiger partial charge in [0.1, 0.15) is 4.99 Å². The van der Waals surface area contributed by atoms with E-state index in [2.05, 4.69) is 24.9 Å². The molecule has 0 aliphatic heterocycles. The molecule has 2 nitrogen and oxygen atoms in total. The van der Waals surface area contributed by atoms with Crippen LogP contribution in [0.25, 0.3) is 0 Å². The van der Waals surface area contributed by atoms with E-state index in [1.165, 1.54) is 11.4 Å². The lowest BCUT2D eigenvalue weighted by Gasteiger charge is -2.19. The Morgan fingerprint density at radius 3 is 2.88 bits per heavy atom. The number of nitrogens with zero attached hydrogens (tertiary/aromatic N) is 1. The Hall–Kier alpha value is -0.740. The minimum Gasteiger partial charge on any atom is -0.389 e. The van der Waals surface area contributed by atoms with Crippen molar-refractivity contribution in [2.75, 3.05) is 30.0 Å². The smallest absolute Gasteiger partial charge is 0.104 e. The van der Waals surface area contributed by atoms with Gasteiger partial charge in [-0.05, 0) is 17.9 Å². The Morgan fingerprint density at radius 2 is 2.25 bits per heavy atom. The van der Waals surface area contributed by atoms with Crippen LogP contribution in [0.3, 0.4) is 0 Å². The molecule has 0 aliphatic carbocycles. The van der Waals surface area contributed by atoms with Crippen molar-refractivity contribution in [3.8, 4) is 0 Å². The van der Waals surface area contributed by atoms with E-state index in [9.17, 15) is 0 Å². The van der Waals surface area contributed by atoms with Crippen LogP contribution < -0.4 is 10.6 Å². The first-order valence-electron chi connectivity index (χ1n) is 5.34. The molecule has 0 spiro atoms. The Balaban J connectivity index is 2.64. The minimum atomic E-state index is 0.457. The summed E-state index contributed by atoms with van der Waals surface area (Å²) in [5, 5.41) is 0. The first-order valence-corrected chi connectivity index (χ1v) is 6.90. The van der Waals surface area contributed by atoms with Crippen LogP contribution in [-0.4, -0.2) is 30.1 Å². The molecule has 0 fully saturated rings. The maximum absolute atomic E-state index is 5.61. The highest BCUT2D eigenvalue weighted by Gasteiger charge is 2.02. The van der Waals surface area contributed by atoms with Crippen LogP contribution in [0.2, 0.25) is 0 Å². The van der Waals surface area contributed by atoms with Crippen LogP contribution in [-0.2, 0) is 0 Å². The Kier molecular flexibility index (Phi) is 5.63. The van der Waals surface area contributed by atoms with Crippen molar-refractivity contribution in [2.45, 2.75) is 6.92 Å². The lowest BCUT2D eigenvalue weighted by molar-refractivity contribution is 0.977. The molecule has 0 amide bonds. The van der Waals surface area contributed by atoms with Gasteiger partial charge >= 0.3 is 0 Å². The Bertz CT molecular complexity index is 353. The number of thiocarbonyl (C=S) groups is 1. The third-order valence-corrected chi connectivity index (χ3v) is 3.46. The second-order valence-electron chi connectivity index (χ2n) is 3.53. The van der Waals surface area contributed by atoms with Gasteiger partial charge in [0.2, 0.25) is 0 Å². The number of nitrogens with two attached hydrogens (primary N) is 1. The number of hydrogen-bond acceptors (Lipinski definition) is 3. The zero-order chi connectivity index (χ0) is 12.0. The van der Waals surface area contributed by atoms with E-state index in [0.29, 0.717) is 4.99 Å². The molecule has 2 N–H and O–H groups in total. The van der Waals surface area contributed by atoms with Gasteiger partial charge in [-0.25, -0.2) is 0 Å². The maximum Gasteiger partial charge on any atom is 0.104 e. The molecule has 0 atom stereocenters. The van der Waals surface area contributed by atoms with Gasteiger partial charge in [0.25, 0.3) is 0 Å². The minimum absolute atomic E-state index is 0.457. The van der Waals surface area contributed by atoms with Gasteiger partial charge < -0.3 is 10.6 Å². The largest absolute Gasteiger partial charge is 0.389 e. The van der Waals surface area contributed by atoms with E-state index >= 15 is 0 Å². The zero-order valence-electron chi connectivity index (χ0n) is 9.77. The average Bonchev–Trinajstić information content (AvgIpc) is 2.29. The highest BCUT2D eigenvalue weighted by atomic mass is 32.2. The van der Waals surface area contributed by atoms with Crippen LogP contribution in [0, 0.1) is 0 Å². The summed E-state index contributed by atoms with van der Waals surface area (Å²) >= 11 is 6.92. The number of anilines is 1. The van der Waals surface area contributed by atoms with Crippen LogP contribution in [0.1, 0.15) is 12.5 Å². The molecule has 88 valence electrons. The van der Waals surface area contributed by atoms with Crippen LogP contribution in [0.5, 0.6) is 0 Å². The lowest BCUT2D eigenvalue weighted by atomic mass is 10.2. The fraction of sp³-hybridized carbons (Fsp3) is 0.417. The third kappa shape index (κ3) is 4.02. The standard InChI is InChI=1S/C12H18N2S2/c1-3-16-8-7-14(2)11-6-4-5-10(9-11)12(13)15/h4-6,9H,3,7-8H2,1-2H3,(H2,13,15). The van der Waals surface area contributed by atoms with Gasteiger partial charge in [0, 0.05) is 30.6 Å². The second-order valence-corrected chi connectivity index (χ2v) is 5.37. The van der Waals surface area contributed by atoms with Gasteiger partial charge in [-0.15, -0.1) is 0 Å². The first-order chi connectivity index (χ1) is 7.65. The molecule has 0 aromatic heterocycles. The monoisotopic (exact) mass is 254 g/mol. The van der Waals surface area contributed by atoms with Gasteiger partial charge in [-0.2, -0.15) is 11.8 Å². The van der Waals surface area contributed by atoms with Crippen molar-refractivity contribution in [1.29, 1.82) is 0 Å². The van der Waals surface area contributed by atoms with Crippen molar-refractivity contribution >= 4 is 34.7 Å². The fourth-order valence-electron chi connectivity index (χ4n) is 1.37. The summed E-state index contributed by atoms with van der Waals surface area (Å²) < 4.78 is 0. The SMILES string of the molecule is CCSCCN(C)c1cccc(C(N)=S)c1. The van der Waals surface area contributed by atoms with Gasteiger partial charge in [0.15, 0.2) is 0 Å². The van der Waals surface area contributed by atoms with Crippen LogP contribution in [0.4, 0.5) is 5.69 Å². The lowest BCUT2D eigenvalue weighted by Crippen LogP contribution is -2.21. The summed E-state index contributed by atoms with van der Waals surface area (Å²) in [6.45, 7) is 3.22. The number of hydrogen-bond donors (Lipinski definition) is 1. The van der Waals surface area contributed by atoms with Crippen molar-refractivity contribution in [2.24, 2.45) is 5.73 Å². The second kappa shape index (κ2) is 6.76. The fourth-order valence-corrected chi connectivity index (χ4v) is 2.19. The predicted molar refractivity (Wildman–Crippen MR) is 78.6 cm³/mol. The van der Waals surface area contributed by atoms with Crippen LogP contribution >= 0.6 is 24.0 Å². The molecule has 0 saturated heterocycles. The van der Waals surface area contributed by atoms with E-state index in [1.807, 2.05) is 30.0 Å². The summed E-state index contributed by atoms with van der Waals surface area (Å²) in [4.78, 5) is 2.68. The summed E-state index contributed by atoms with van der Waals surface area (Å²) in [5.41, 5.74) is 7.71. The Labute approximate surface area is 107 Å². The molecule has 4 heteroatoms. The quantitative estimate of drug-likeness (QED) is 0.624. The maximum atomic E-state index is 5.61. The molecule has 0 unspecified atom stereocenters. The number of benzene rings is 1. The molecular weight excluding hydrogens is 236 g/mol. The van der Waals surface area contributed by atoms with Gasteiger partial charge in [-0.1, -0.05) is 31.3 Å². The van der Waals surface area contributed by atoms with E-state index < -0.39 is 0 Å². The molecule has 0 radical (unpaired) electrons. The molecule has 0 aliphatic rings. The number of thioether (sulfide) groups is 1. The van der Waals surface area contributed by atoms with Crippen molar-refractivity contribution in [1.82, 2.24) is 0 Å². The molecule has 1 aromatic rings. The van der Waals surface area contributed by atoms with Gasteiger partial charge in [0.05, 0.1) is 0 Å². The molecule has 0 heterocycles. The van der Waals surface area contributed by atoms with Crippen molar-refractivity contribution < 1.29 is 0 Å². The normalized spacial score (nSPS) is 10.1. The van der Waals surface area contributed by atoms with Gasteiger partial charge in [-0.3, -0.25) is 0 Å². The summed E-state index contributed by atoms with van der Waals surface area (Å²) in [5.74, 6) is 2.31. The predicted octanol–water partition coefficient (Wildman–Crippen LogP) is 2.51. The first kappa shape index (κ1) is 13.3. The van der Waals surface area contributed by atoms with Crippen molar-refractivity contribution in [3.63, 3.8) is 0 Å². The molecular formula is C12H18N2S2. The number of rotatable bonds is 6. The van der Waals surface area contributed by atoms with E-state index in [0.717, 1.165) is 17.9 Å². The summed E-state index contributed by atoms with van der Waals surface area (Å²) in [6, 6.07) is 8.06. The molecule has 0 saturated carbocycles. The van der Waals surface area contributed by atoms with E-state index in [1.54, 1.807) is 0 Å². The highest BCUT2D eigenvalue weighted by molar-refractivity contribution is 7.99. The van der Waals surface area contributed by atoms with E-state index in [-0.39, 0.29) is 0 Å². The molecule has 1 rings (SSSR count). The highest BCUT2D eigenvalue weighted by Crippen LogP contribution is 2.15. The average molecular weight is 254 g/mol. The topological polar surface area (TPSA) is 29.3 Å². The Morgan fingerprint density at radius 1 is 1.50 bits per heavy atom. The van der Waals surface area contributed by atoms with Crippen molar-refractivity contribution in [3.05, 3.63) is 29.8 Å². The molecule has 16 heavy (non-hydrogen) atoms.